The smallest absolute Gasteiger partial charge is 0.252 e. The van der Waals surface area contributed by atoms with Crippen LogP contribution in [0.25, 0.3) is 0 Å². The second-order valence-corrected chi connectivity index (χ2v) is 6.16. The van der Waals surface area contributed by atoms with E-state index in [2.05, 4.69) is 5.32 Å². The zero-order chi connectivity index (χ0) is 19.9. The van der Waals surface area contributed by atoms with E-state index in [0.29, 0.717) is 22.8 Å². The molecule has 0 fully saturated rings. The Hall–Kier alpha value is -3.47. The van der Waals surface area contributed by atoms with Crippen LogP contribution in [0.3, 0.4) is 0 Å². The van der Waals surface area contributed by atoms with Gasteiger partial charge in [0.25, 0.3) is 5.91 Å². The predicted molar refractivity (Wildman–Crippen MR) is 108 cm³/mol. The molecule has 0 radical (unpaired) electrons. The molecule has 5 nitrogen and oxygen atoms in total. The Morgan fingerprint density at radius 2 is 1.39 bits per heavy atom. The summed E-state index contributed by atoms with van der Waals surface area (Å²) < 4.78 is 16.1. The highest BCUT2D eigenvalue weighted by Crippen LogP contribution is 2.31. The van der Waals surface area contributed by atoms with Crippen LogP contribution < -0.4 is 19.5 Å². The van der Waals surface area contributed by atoms with Crippen molar-refractivity contribution in [3.8, 4) is 17.2 Å². The molecule has 0 aliphatic rings. The Morgan fingerprint density at radius 3 is 2.00 bits per heavy atom. The van der Waals surface area contributed by atoms with Crippen molar-refractivity contribution in [3.63, 3.8) is 0 Å². The topological polar surface area (TPSA) is 56.8 Å². The first kappa shape index (κ1) is 19.3. The van der Waals surface area contributed by atoms with Crippen LogP contribution in [0.15, 0.2) is 72.8 Å². The first-order valence-electron chi connectivity index (χ1n) is 8.88. The minimum absolute atomic E-state index is 0.239. The first-order valence-corrected chi connectivity index (χ1v) is 8.88. The summed E-state index contributed by atoms with van der Waals surface area (Å²) in [5, 5.41) is 3.11. The summed E-state index contributed by atoms with van der Waals surface area (Å²) >= 11 is 0. The number of benzene rings is 3. The Kier molecular flexibility index (Phi) is 6.17. The van der Waals surface area contributed by atoms with E-state index in [-0.39, 0.29) is 11.9 Å². The van der Waals surface area contributed by atoms with E-state index in [4.69, 9.17) is 14.2 Å². The van der Waals surface area contributed by atoms with Crippen LogP contribution >= 0.6 is 0 Å². The van der Waals surface area contributed by atoms with Crippen LogP contribution in [0.1, 0.15) is 27.5 Å². The van der Waals surface area contributed by atoms with E-state index in [1.165, 1.54) is 0 Å². The minimum atomic E-state index is -0.373. The monoisotopic (exact) mass is 377 g/mol. The number of carbonyl (C=O) groups excluding carboxylic acids is 1. The quantitative estimate of drug-likeness (QED) is 0.669. The highest BCUT2D eigenvalue weighted by molar-refractivity contribution is 5.95. The number of rotatable bonds is 7. The molecule has 1 unspecified atom stereocenters. The number of amides is 1. The molecule has 1 N–H and O–H groups in total. The summed E-state index contributed by atoms with van der Waals surface area (Å²) in [5.41, 5.74) is 2.28. The third-order valence-electron chi connectivity index (χ3n) is 4.47. The van der Waals surface area contributed by atoms with Gasteiger partial charge in [-0.25, -0.2) is 0 Å². The largest absolute Gasteiger partial charge is 0.497 e. The lowest BCUT2D eigenvalue weighted by Gasteiger charge is -2.22. The number of hydrogen-bond donors (Lipinski definition) is 1. The molecular formula is C23H23NO4. The molecule has 3 aromatic rings. The van der Waals surface area contributed by atoms with Crippen molar-refractivity contribution in [3.05, 3.63) is 89.5 Å². The minimum Gasteiger partial charge on any atom is -0.497 e. The summed E-state index contributed by atoms with van der Waals surface area (Å²) in [7, 11) is 4.73. The van der Waals surface area contributed by atoms with E-state index >= 15 is 0 Å². The van der Waals surface area contributed by atoms with Crippen molar-refractivity contribution >= 4 is 5.91 Å². The van der Waals surface area contributed by atoms with Gasteiger partial charge in [-0.15, -0.1) is 0 Å². The number of ether oxygens (including phenoxy) is 3. The van der Waals surface area contributed by atoms with E-state index in [1.54, 1.807) is 39.5 Å². The van der Waals surface area contributed by atoms with Crippen molar-refractivity contribution in [1.29, 1.82) is 0 Å². The number of para-hydroxylation sites is 1. The molecule has 3 rings (SSSR count). The summed E-state index contributed by atoms with van der Waals surface area (Å²) in [6.45, 7) is 0. The lowest BCUT2D eigenvalue weighted by atomic mass is 9.97. The predicted octanol–water partition coefficient (Wildman–Crippen LogP) is 4.23. The maximum atomic E-state index is 13.1. The number of hydrogen-bond acceptors (Lipinski definition) is 4. The number of methoxy groups -OCH3 is 3. The van der Waals surface area contributed by atoms with Gasteiger partial charge in [-0.3, -0.25) is 4.79 Å². The first-order chi connectivity index (χ1) is 13.7. The SMILES string of the molecule is COc1cc(OC)cc(C(=O)NC(c2ccccc2)c2ccccc2OC)c1. The van der Waals surface area contributed by atoms with Gasteiger partial charge in [0, 0.05) is 17.2 Å². The van der Waals surface area contributed by atoms with E-state index in [1.807, 2.05) is 54.6 Å². The molecule has 1 amide bonds. The van der Waals surface area contributed by atoms with Gasteiger partial charge < -0.3 is 19.5 Å². The molecule has 0 spiro atoms. The van der Waals surface area contributed by atoms with Gasteiger partial charge in [0.05, 0.1) is 27.4 Å². The van der Waals surface area contributed by atoms with Gasteiger partial charge in [-0.05, 0) is 23.8 Å². The van der Waals surface area contributed by atoms with Crippen molar-refractivity contribution in [2.24, 2.45) is 0 Å². The maximum absolute atomic E-state index is 13.1. The second-order valence-electron chi connectivity index (χ2n) is 6.16. The lowest BCUT2D eigenvalue weighted by molar-refractivity contribution is 0.0942. The molecule has 0 saturated heterocycles. The molecule has 0 aromatic heterocycles. The van der Waals surface area contributed by atoms with Gasteiger partial charge in [0.1, 0.15) is 17.2 Å². The summed E-state index contributed by atoms with van der Waals surface area (Å²) in [6, 6.07) is 22.2. The van der Waals surface area contributed by atoms with Crippen LogP contribution in [0, 0.1) is 0 Å². The Bertz CT molecular complexity index is 918. The molecule has 0 aliphatic carbocycles. The van der Waals surface area contributed by atoms with Crippen LogP contribution in [-0.2, 0) is 0 Å². The third kappa shape index (κ3) is 4.26. The van der Waals surface area contributed by atoms with Gasteiger partial charge in [-0.2, -0.15) is 0 Å². The van der Waals surface area contributed by atoms with Crippen LogP contribution in [-0.4, -0.2) is 27.2 Å². The molecule has 1 atom stereocenters. The molecule has 144 valence electrons. The van der Waals surface area contributed by atoms with E-state index < -0.39 is 0 Å². The molecular weight excluding hydrogens is 354 g/mol. The molecule has 28 heavy (non-hydrogen) atoms. The molecule has 0 bridgehead atoms. The third-order valence-corrected chi connectivity index (χ3v) is 4.47. The van der Waals surface area contributed by atoms with Crippen molar-refractivity contribution in [1.82, 2.24) is 5.32 Å². The lowest BCUT2D eigenvalue weighted by Crippen LogP contribution is -2.29. The average molecular weight is 377 g/mol. The fraction of sp³-hybridized carbons (Fsp3) is 0.174. The Morgan fingerprint density at radius 1 is 0.786 bits per heavy atom. The Balaban J connectivity index is 2.00. The van der Waals surface area contributed by atoms with Gasteiger partial charge in [-0.1, -0.05) is 48.5 Å². The summed E-state index contributed by atoms with van der Waals surface area (Å²) in [5.74, 6) is 1.58. The Labute approximate surface area is 164 Å². The molecule has 0 heterocycles. The van der Waals surface area contributed by atoms with Gasteiger partial charge >= 0.3 is 0 Å². The number of carbonyl (C=O) groups is 1. The highest BCUT2D eigenvalue weighted by Gasteiger charge is 2.21. The standard InChI is InChI=1S/C23H23NO4/c1-26-18-13-17(14-19(15-18)27-2)23(25)24-22(16-9-5-4-6-10-16)20-11-7-8-12-21(20)28-3/h4-15,22H,1-3H3,(H,24,25). The van der Waals surface area contributed by atoms with E-state index in [0.717, 1.165) is 11.1 Å². The van der Waals surface area contributed by atoms with Crippen LogP contribution in [0.5, 0.6) is 17.2 Å². The van der Waals surface area contributed by atoms with Crippen molar-refractivity contribution in [2.75, 3.05) is 21.3 Å². The fourth-order valence-electron chi connectivity index (χ4n) is 3.04. The van der Waals surface area contributed by atoms with Gasteiger partial charge in [0.2, 0.25) is 0 Å². The second kappa shape index (κ2) is 8.95. The normalized spacial score (nSPS) is 11.4. The molecule has 0 aliphatic heterocycles. The van der Waals surface area contributed by atoms with Crippen molar-refractivity contribution in [2.45, 2.75) is 6.04 Å². The summed E-state index contributed by atoms with van der Waals surface area (Å²) in [6.07, 6.45) is 0. The van der Waals surface area contributed by atoms with Crippen molar-refractivity contribution < 1.29 is 19.0 Å². The zero-order valence-electron chi connectivity index (χ0n) is 16.1. The maximum Gasteiger partial charge on any atom is 0.252 e. The molecule has 0 saturated carbocycles. The van der Waals surface area contributed by atoms with Crippen LogP contribution in [0.4, 0.5) is 0 Å². The van der Waals surface area contributed by atoms with Crippen LogP contribution in [0.2, 0.25) is 0 Å². The molecule has 5 heteroatoms. The van der Waals surface area contributed by atoms with Gasteiger partial charge in [0.15, 0.2) is 0 Å². The fourth-order valence-corrected chi connectivity index (χ4v) is 3.04. The average Bonchev–Trinajstić information content (AvgIpc) is 2.77. The highest BCUT2D eigenvalue weighted by atomic mass is 16.5. The zero-order valence-corrected chi connectivity index (χ0v) is 16.1. The molecule has 3 aromatic carbocycles. The summed E-state index contributed by atoms with van der Waals surface area (Å²) in [4.78, 5) is 13.1. The number of nitrogens with one attached hydrogen (secondary N) is 1. The van der Waals surface area contributed by atoms with E-state index in [9.17, 15) is 4.79 Å².